The van der Waals surface area contributed by atoms with E-state index >= 15 is 0 Å². The van der Waals surface area contributed by atoms with Gasteiger partial charge in [-0.2, -0.15) is 0 Å². The molecule has 1 saturated heterocycles. The fourth-order valence-electron chi connectivity index (χ4n) is 1.95. The Hall–Kier alpha value is -1.13. The van der Waals surface area contributed by atoms with Gasteiger partial charge in [-0.1, -0.05) is 11.6 Å². The Morgan fingerprint density at radius 2 is 2.22 bits per heavy atom. The van der Waals surface area contributed by atoms with E-state index in [2.05, 4.69) is 5.32 Å². The first-order valence-corrected chi connectivity index (χ1v) is 6.38. The summed E-state index contributed by atoms with van der Waals surface area (Å²) in [6, 6.07) is 4.10. The van der Waals surface area contributed by atoms with Gasteiger partial charge in [0.05, 0.1) is 5.02 Å². The summed E-state index contributed by atoms with van der Waals surface area (Å²) >= 11 is 5.65. The highest BCUT2D eigenvalue weighted by atomic mass is 35.5. The molecule has 1 atom stereocenters. The number of rotatable bonds is 2. The number of hydrogen-bond acceptors (Lipinski definition) is 2. The van der Waals surface area contributed by atoms with Gasteiger partial charge in [-0.05, 0) is 37.5 Å². The Bertz CT molecular complexity index is 431. The van der Waals surface area contributed by atoms with E-state index in [9.17, 15) is 9.18 Å². The number of nitrogens with one attached hydrogen (secondary N) is 1. The van der Waals surface area contributed by atoms with Crippen molar-refractivity contribution in [2.75, 3.05) is 13.2 Å². The van der Waals surface area contributed by atoms with Gasteiger partial charge >= 0.3 is 0 Å². The van der Waals surface area contributed by atoms with Crippen molar-refractivity contribution in [2.24, 2.45) is 0 Å². The maximum Gasteiger partial charge on any atom is 0.251 e. The molecule has 0 aromatic heterocycles. The fraction of sp³-hybridized carbons (Fsp3) is 0.462. The molecule has 0 radical (unpaired) electrons. The average Bonchev–Trinajstić information content (AvgIpc) is 2.61. The molecule has 0 saturated carbocycles. The minimum Gasteiger partial charge on any atom is -0.381 e. The molecule has 1 aromatic rings. The Morgan fingerprint density at radius 1 is 1.39 bits per heavy atom. The molecule has 1 aliphatic rings. The Morgan fingerprint density at radius 3 is 3.00 bits per heavy atom. The molecule has 0 aliphatic carbocycles. The summed E-state index contributed by atoms with van der Waals surface area (Å²) < 4.78 is 18.3. The Balaban J connectivity index is 1.99. The third-order valence-corrected chi connectivity index (χ3v) is 3.26. The third kappa shape index (κ3) is 3.43. The molecule has 5 heteroatoms. The van der Waals surface area contributed by atoms with Crippen molar-refractivity contribution in [3.8, 4) is 0 Å². The van der Waals surface area contributed by atoms with Gasteiger partial charge in [0.2, 0.25) is 0 Å². The molecule has 0 bridgehead atoms. The molecule has 1 heterocycles. The van der Waals surface area contributed by atoms with Crippen molar-refractivity contribution in [1.82, 2.24) is 5.32 Å². The number of carbonyl (C=O) groups excluding carboxylic acids is 1. The molecular formula is C13H15ClFNO2. The summed E-state index contributed by atoms with van der Waals surface area (Å²) in [4.78, 5) is 12.0. The van der Waals surface area contributed by atoms with Gasteiger partial charge in [0.25, 0.3) is 5.91 Å². The SMILES string of the molecule is O=C(NC1CCCOCC1)c1ccc(F)c(Cl)c1. The van der Waals surface area contributed by atoms with E-state index in [-0.39, 0.29) is 17.0 Å². The molecule has 1 fully saturated rings. The number of amides is 1. The van der Waals surface area contributed by atoms with Crippen molar-refractivity contribution < 1.29 is 13.9 Å². The minimum atomic E-state index is -0.518. The second-order valence-electron chi connectivity index (χ2n) is 4.34. The van der Waals surface area contributed by atoms with E-state index in [1.165, 1.54) is 18.2 Å². The molecule has 98 valence electrons. The number of halogens is 2. The van der Waals surface area contributed by atoms with Crippen LogP contribution in [0.25, 0.3) is 0 Å². The lowest BCUT2D eigenvalue weighted by molar-refractivity contribution is 0.0929. The first-order chi connectivity index (χ1) is 8.66. The highest BCUT2D eigenvalue weighted by Crippen LogP contribution is 2.16. The predicted octanol–water partition coefficient (Wildman–Crippen LogP) is 2.78. The summed E-state index contributed by atoms with van der Waals surface area (Å²) in [6.45, 7) is 1.41. The lowest BCUT2D eigenvalue weighted by Gasteiger charge is -2.15. The van der Waals surface area contributed by atoms with Crippen LogP contribution in [-0.4, -0.2) is 25.2 Å². The highest BCUT2D eigenvalue weighted by Gasteiger charge is 2.16. The molecule has 2 rings (SSSR count). The van der Waals surface area contributed by atoms with Gasteiger partial charge in [0.1, 0.15) is 5.82 Å². The van der Waals surface area contributed by atoms with Crippen LogP contribution in [0, 0.1) is 5.82 Å². The van der Waals surface area contributed by atoms with Crippen LogP contribution in [0.2, 0.25) is 5.02 Å². The Labute approximate surface area is 110 Å². The van der Waals surface area contributed by atoms with Gasteiger partial charge in [0.15, 0.2) is 0 Å². The molecular weight excluding hydrogens is 257 g/mol. The van der Waals surface area contributed by atoms with Gasteiger partial charge in [-0.25, -0.2) is 4.39 Å². The second-order valence-corrected chi connectivity index (χ2v) is 4.75. The summed E-state index contributed by atoms with van der Waals surface area (Å²) in [7, 11) is 0. The van der Waals surface area contributed by atoms with Crippen molar-refractivity contribution >= 4 is 17.5 Å². The van der Waals surface area contributed by atoms with Crippen LogP contribution in [0.5, 0.6) is 0 Å². The van der Waals surface area contributed by atoms with Crippen molar-refractivity contribution in [1.29, 1.82) is 0 Å². The van der Waals surface area contributed by atoms with Gasteiger partial charge in [-0.3, -0.25) is 4.79 Å². The second kappa shape index (κ2) is 6.16. The van der Waals surface area contributed by atoms with Crippen LogP contribution in [0.15, 0.2) is 18.2 Å². The molecule has 1 aromatic carbocycles. The summed E-state index contributed by atoms with van der Waals surface area (Å²) in [5.41, 5.74) is 0.381. The fourth-order valence-corrected chi connectivity index (χ4v) is 2.13. The molecule has 1 N–H and O–H groups in total. The standard InChI is InChI=1S/C13H15ClFNO2/c14-11-8-9(3-4-12(11)15)13(17)16-10-2-1-6-18-7-5-10/h3-4,8,10H,1-2,5-7H2,(H,16,17). The first kappa shape index (κ1) is 13.3. The normalized spacial score (nSPS) is 20.2. The number of carbonyl (C=O) groups is 1. The van der Waals surface area contributed by atoms with E-state index in [0.717, 1.165) is 25.9 Å². The first-order valence-electron chi connectivity index (χ1n) is 6.00. The number of benzene rings is 1. The van der Waals surface area contributed by atoms with E-state index in [0.29, 0.717) is 12.2 Å². The average molecular weight is 272 g/mol. The topological polar surface area (TPSA) is 38.3 Å². The minimum absolute atomic E-state index is 0.0353. The van der Waals surface area contributed by atoms with E-state index < -0.39 is 5.82 Å². The largest absolute Gasteiger partial charge is 0.381 e. The van der Waals surface area contributed by atoms with E-state index in [1.807, 2.05) is 0 Å². The smallest absolute Gasteiger partial charge is 0.251 e. The van der Waals surface area contributed by atoms with Crippen molar-refractivity contribution in [2.45, 2.75) is 25.3 Å². The van der Waals surface area contributed by atoms with Crippen LogP contribution < -0.4 is 5.32 Å². The third-order valence-electron chi connectivity index (χ3n) is 2.97. The van der Waals surface area contributed by atoms with Crippen LogP contribution in [-0.2, 0) is 4.74 Å². The lowest BCUT2D eigenvalue weighted by atomic mass is 10.1. The summed E-state index contributed by atoms with van der Waals surface area (Å²) in [5, 5.41) is 2.89. The van der Waals surface area contributed by atoms with Crippen LogP contribution in [0.4, 0.5) is 4.39 Å². The maximum absolute atomic E-state index is 13.0. The number of hydrogen-bond donors (Lipinski definition) is 1. The van der Waals surface area contributed by atoms with Crippen LogP contribution >= 0.6 is 11.6 Å². The molecule has 1 unspecified atom stereocenters. The molecule has 1 aliphatic heterocycles. The van der Waals surface area contributed by atoms with Crippen LogP contribution in [0.1, 0.15) is 29.6 Å². The molecule has 18 heavy (non-hydrogen) atoms. The quantitative estimate of drug-likeness (QED) is 0.898. The van der Waals surface area contributed by atoms with Crippen LogP contribution in [0.3, 0.4) is 0 Å². The van der Waals surface area contributed by atoms with Crippen molar-refractivity contribution in [3.63, 3.8) is 0 Å². The summed E-state index contributed by atoms with van der Waals surface area (Å²) in [5.74, 6) is -0.736. The predicted molar refractivity (Wildman–Crippen MR) is 67.3 cm³/mol. The zero-order valence-corrected chi connectivity index (χ0v) is 10.7. The summed E-state index contributed by atoms with van der Waals surface area (Å²) in [6.07, 6.45) is 2.65. The van der Waals surface area contributed by atoms with E-state index in [1.54, 1.807) is 0 Å². The lowest BCUT2D eigenvalue weighted by Crippen LogP contribution is -2.35. The zero-order chi connectivity index (χ0) is 13.0. The number of ether oxygens (including phenoxy) is 1. The maximum atomic E-state index is 13.0. The van der Waals surface area contributed by atoms with Gasteiger partial charge < -0.3 is 10.1 Å². The molecule has 0 spiro atoms. The monoisotopic (exact) mass is 271 g/mol. The van der Waals surface area contributed by atoms with Crippen molar-refractivity contribution in [3.05, 3.63) is 34.6 Å². The van der Waals surface area contributed by atoms with E-state index in [4.69, 9.17) is 16.3 Å². The van der Waals surface area contributed by atoms with Gasteiger partial charge in [0, 0.05) is 24.8 Å². The Kier molecular flexibility index (Phi) is 4.55. The molecule has 1 amide bonds. The zero-order valence-electron chi connectivity index (χ0n) is 9.92. The highest BCUT2D eigenvalue weighted by molar-refractivity contribution is 6.31. The van der Waals surface area contributed by atoms with Gasteiger partial charge in [-0.15, -0.1) is 0 Å². The molecule has 3 nitrogen and oxygen atoms in total.